The SMILES string of the molecule is O=C(CC1NCCCC1O)Cn1cnc2cc(Cl)c(Oc3ccc(Cl)cc3)cc2c1=O. The fraction of sp³-hybridized carbons (Fsp3) is 0.318. The van der Waals surface area contributed by atoms with Crippen LogP contribution in [0.3, 0.4) is 0 Å². The minimum absolute atomic E-state index is 0.122. The van der Waals surface area contributed by atoms with Gasteiger partial charge in [0, 0.05) is 17.5 Å². The van der Waals surface area contributed by atoms with E-state index in [1.54, 1.807) is 30.3 Å². The van der Waals surface area contributed by atoms with E-state index < -0.39 is 6.10 Å². The normalized spacial score (nSPS) is 18.8. The molecule has 4 rings (SSSR count). The van der Waals surface area contributed by atoms with Crippen LogP contribution in [-0.4, -0.2) is 39.1 Å². The van der Waals surface area contributed by atoms with Crippen molar-refractivity contribution in [1.29, 1.82) is 0 Å². The van der Waals surface area contributed by atoms with Crippen LogP contribution in [-0.2, 0) is 11.3 Å². The number of ketones is 1. The van der Waals surface area contributed by atoms with Gasteiger partial charge in [0.15, 0.2) is 5.78 Å². The predicted molar refractivity (Wildman–Crippen MR) is 119 cm³/mol. The summed E-state index contributed by atoms with van der Waals surface area (Å²) >= 11 is 12.2. The first-order chi connectivity index (χ1) is 14.9. The molecule has 162 valence electrons. The van der Waals surface area contributed by atoms with E-state index in [4.69, 9.17) is 27.9 Å². The summed E-state index contributed by atoms with van der Waals surface area (Å²) in [6, 6.07) is 9.54. The number of aromatic nitrogens is 2. The van der Waals surface area contributed by atoms with Gasteiger partial charge in [-0.2, -0.15) is 0 Å². The van der Waals surface area contributed by atoms with Gasteiger partial charge in [0.2, 0.25) is 0 Å². The van der Waals surface area contributed by atoms with E-state index in [1.165, 1.54) is 17.0 Å². The third kappa shape index (κ3) is 5.07. The van der Waals surface area contributed by atoms with Crippen LogP contribution in [0.15, 0.2) is 47.5 Å². The maximum Gasteiger partial charge on any atom is 0.261 e. The Morgan fingerprint density at radius 1 is 1.26 bits per heavy atom. The molecule has 2 aromatic carbocycles. The summed E-state index contributed by atoms with van der Waals surface area (Å²) in [5, 5.41) is 14.4. The summed E-state index contributed by atoms with van der Waals surface area (Å²) in [7, 11) is 0. The second kappa shape index (κ2) is 9.36. The highest BCUT2D eigenvalue weighted by Crippen LogP contribution is 2.32. The third-order valence-electron chi connectivity index (χ3n) is 5.26. The minimum atomic E-state index is -0.557. The fourth-order valence-corrected chi connectivity index (χ4v) is 3.95. The zero-order chi connectivity index (χ0) is 22.0. The monoisotopic (exact) mass is 461 g/mol. The first-order valence-corrected chi connectivity index (χ1v) is 10.7. The molecular weight excluding hydrogens is 441 g/mol. The van der Waals surface area contributed by atoms with E-state index in [0.29, 0.717) is 38.9 Å². The van der Waals surface area contributed by atoms with Crippen LogP contribution in [0.2, 0.25) is 10.0 Å². The lowest BCUT2D eigenvalue weighted by atomic mass is 9.97. The molecule has 0 saturated carbocycles. The van der Waals surface area contributed by atoms with Crippen molar-refractivity contribution in [2.24, 2.45) is 0 Å². The van der Waals surface area contributed by atoms with Crippen molar-refractivity contribution in [2.75, 3.05) is 6.54 Å². The minimum Gasteiger partial charge on any atom is -0.456 e. The molecule has 1 fully saturated rings. The Balaban J connectivity index is 1.57. The van der Waals surface area contributed by atoms with Gasteiger partial charge >= 0.3 is 0 Å². The largest absolute Gasteiger partial charge is 0.456 e. The van der Waals surface area contributed by atoms with E-state index in [1.807, 2.05) is 0 Å². The average molecular weight is 462 g/mol. The van der Waals surface area contributed by atoms with E-state index >= 15 is 0 Å². The number of rotatable bonds is 6. The smallest absolute Gasteiger partial charge is 0.261 e. The third-order valence-corrected chi connectivity index (χ3v) is 5.81. The second-order valence-corrected chi connectivity index (χ2v) is 8.39. The molecule has 1 aliphatic rings. The van der Waals surface area contributed by atoms with E-state index in [9.17, 15) is 14.7 Å². The molecule has 1 saturated heterocycles. The number of Topliss-reactive ketones (excluding diaryl/α,β-unsaturated/α-hetero) is 1. The number of hydrogen-bond acceptors (Lipinski definition) is 6. The fourth-order valence-electron chi connectivity index (χ4n) is 3.62. The van der Waals surface area contributed by atoms with Gasteiger partial charge in [0.25, 0.3) is 5.56 Å². The standard InChI is InChI=1S/C22H21Cl2N3O4/c23-13-3-5-15(6-4-13)31-21-9-16-18(10-17(21)24)26-12-27(22(16)30)11-14(28)8-19-20(29)2-1-7-25-19/h3-6,9-10,12,19-20,25,29H,1-2,7-8,11H2. The number of carbonyl (C=O) groups excluding carboxylic acids is 1. The molecule has 0 spiro atoms. The molecule has 2 heterocycles. The lowest BCUT2D eigenvalue weighted by Crippen LogP contribution is -2.46. The van der Waals surface area contributed by atoms with Crippen molar-refractivity contribution in [2.45, 2.75) is 38.0 Å². The molecule has 0 bridgehead atoms. The van der Waals surface area contributed by atoms with Crippen molar-refractivity contribution in [3.8, 4) is 11.5 Å². The quantitative estimate of drug-likeness (QED) is 0.582. The van der Waals surface area contributed by atoms with Gasteiger partial charge < -0.3 is 15.2 Å². The molecule has 3 aromatic rings. The molecule has 1 aliphatic heterocycles. The Labute approximate surface area is 188 Å². The molecule has 9 heteroatoms. The summed E-state index contributed by atoms with van der Waals surface area (Å²) in [6.07, 6.45) is 2.47. The number of ether oxygens (including phenoxy) is 1. The van der Waals surface area contributed by atoms with Crippen molar-refractivity contribution in [3.63, 3.8) is 0 Å². The zero-order valence-electron chi connectivity index (χ0n) is 16.6. The molecule has 2 unspecified atom stereocenters. The van der Waals surface area contributed by atoms with E-state index in [2.05, 4.69) is 10.3 Å². The van der Waals surface area contributed by atoms with Crippen LogP contribution in [0.25, 0.3) is 10.9 Å². The van der Waals surface area contributed by atoms with Crippen molar-refractivity contribution < 1.29 is 14.6 Å². The molecule has 0 amide bonds. The lowest BCUT2D eigenvalue weighted by molar-refractivity contribution is -0.121. The number of piperidine rings is 1. The van der Waals surface area contributed by atoms with Gasteiger partial charge in [-0.3, -0.25) is 14.2 Å². The van der Waals surface area contributed by atoms with Crippen LogP contribution in [0, 0.1) is 0 Å². The Hall–Kier alpha value is -2.45. The molecule has 1 aromatic heterocycles. The molecule has 0 aliphatic carbocycles. The van der Waals surface area contributed by atoms with Crippen molar-refractivity contribution in [3.05, 3.63) is 63.1 Å². The van der Waals surface area contributed by atoms with Gasteiger partial charge in [0.1, 0.15) is 11.5 Å². The molecular formula is C22H21Cl2N3O4. The number of nitrogens with one attached hydrogen (secondary N) is 1. The van der Waals surface area contributed by atoms with Crippen LogP contribution in [0.5, 0.6) is 11.5 Å². The predicted octanol–water partition coefficient (Wildman–Crippen LogP) is 3.57. The Bertz CT molecular complexity index is 1160. The molecule has 2 N–H and O–H groups in total. The number of nitrogens with zero attached hydrogens (tertiary/aromatic N) is 2. The number of fused-ring (bicyclic) bond motifs is 1. The number of benzene rings is 2. The van der Waals surface area contributed by atoms with Crippen LogP contribution in [0.1, 0.15) is 19.3 Å². The number of aliphatic hydroxyl groups excluding tert-OH is 1. The van der Waals surface area contributed by atoms with Crippen LogP contribution >= 0.6 is 23.2 Å². The van der Waals surface area contributed by atoms with Crippen molar-refractivity contribution >= 4 is 39.9 Å². The summed E-state index contributed by atoms with van der Waals surface area (Å²) in [5.41, 5.74) is 0.0413. The molecule has 2 atom stereocenters. The lowest BCUT2D eigenvalue weighted by Gasteiger charge is -2.28. The first kappa shape index (κ1) is 21.8. The Morgan fingerprint density at radius 2 is 2.03 bits per heavy atom. The first-order valence-electron chi connectivity index (χ1n) is 9.96. The Kier molecular flexibility index (Phi) is 6.57. The van der Waals surface area contributed by atoms with Crippen LogP contribution in [0.4, 0.5) is 0 Å². The number of halogens is 2. The highest BCUT2D eigenvalue weighted by Gasteiger charge is 2.25. The van der Waals surface area contributed by atoms with Gasteiger partial charge in [-0.1, -0.05) is 23.2 Å². The number of carbonyl (C=O) groups is 1. The second-order valence-electron chi connectivity index (χ2n) is 7.55. The van der Waals surface area contributed by atoms with Gasteiger partial charge in [-0.25, -0.2) is 4.98 Å². The average Bonchev–Trinajstić information content (AvgIpc) is 2.74. The van der Waals surface area contributed by atoms with E-state index in [0.717, 1.165) is 13.0 Å². The van der Waals surface area contributed by atoms with Crippen LogP contribution < -0.4 is 15.6 Å². The maximum atomic E-state index is 13.0. The van der Waals surface area contributed by atoms with Gasteiger partial charge in [-0.05, 0) is 55.8 Å². The van der Waals surface area contributed by atoms with Gasteiger partial charge in [0.05, 0.1) is 34.9 Å². The van der Waals surface area contributed by atoms with E-state index in [-0.39, 0.29) is 30.3 Å². The van der Waals surface area contributed by atoms with Crippen molar-refractivity contribution in [1.82, 2.24) is 14.9 Å². The summed E-state index contributed by atoms with van der Waals surface area (Å²) < 4.78 is 7.05. The number of hydrogen-bond donors (Lipinski definition) is 2. The molecule has 0 radical (unpaired) electrons. The highest BCUT2D eigenvalue weighted by molar-refractivity contribution is 6.32. The zero-order valence-corrected chi connectivity index (χ0v) is 18.1. The van der Waals surface area contributed by atoms with Gasteiger partial charge in [-0.15, -0.1) is 0 Å². The molecule has 7 nitrogen and oxygen atoms in total. The highest BCUT2D eigenvalue weighted by atomic mass is 35.5. The Morgan fingerprint density at radius 3 is 2.77 bits per heavy atom. The topological polar surface area (TPSA) is 93.5 Å². The summed E-state index contributed by atoms with van der Waals surface area (Å²) in [4.78, 5) is 29.7. The maximum absolute atomic E-state index is 13.0. The number of aliphatic hydroxyl groups is 1. The summed E-state index contributed by atoms with van der Waals surface area (Å²) in [5.74, 6) is 0.658. The summed E-state index contributed by atoms with van der Waals surface area (Å²) in [6.45, 7) is 0.645. The molecule has 31 heavy (non-hydrogen) atoms.